The first-order chi connectivity index (χ1) is 11.5. The molecule has 6 nitrogen and oxygen atoms in total. The molecule has 0 aliphatic heterocycles. The minimum atomic E-state index is -0.754. The summed E-state index contributed by atoms with van der Waals surface area (Å²) in [4.78, 5) is 4.14. The molecule has 4 N–H and O–H groups in total. The zero-order chi connectivity index (χ0) is 17.5. The second-order valence-corrected chi connectivity index (χ2v) is 5.40. The van der Waals surface area contributed by atoms with Gasteiger partial charge in [0.1, 0.15) is 11.5 Å². The molecule has 0 bridgehead atoms. The number of halogens is 1. The van der Waals surface area contributed by atoms with Gasteiger partial charge in [0.2, 0.25) is 0 Å². The first-order valence-corrected chi connectivity index (χ1v) is 7.63. The van der Waals surface area contributed by atoms with Gasteiger partial charge in [-0.05, 0) is 35.9 Å². The summed E-state index contributed by atoms with van der Waals surface area (Å²) in [6.45, 7) is 0.134. The van der Waals surface area contributed by atoms with Crippen molar-refractivity contribution < 1.29 is 14.6 Å². The van der Waals surface area contributed by atoms with Crippen LogP contribution in [0.25, 0.3) is 0 Å². The number of aliphatic imine (C=N–C) groups is 1. The summed E-state index contributed by atoms with van der Waals surface area (Å²) >= 11 is 6.05. The molecule has 0 saturated carbocycles. The molecule has 0 fully saturated rings. The van der Waals surface area contributed by atoms with Crippen molar-refractivity contribution in [3.63, 3.8) is 0 Å². The molecular formula is C17H20ClN3O3. The summed E-state index contributed by atoms with van der Waals surface area (Å²) in [5.74, 6) is 1.49. The number of hydrogen-bond acceptors (Lipinski definition) is 4. The van der Waals surface area contributed by atoms with Crippen LogP contribution in [-0.2, 0) is 0 Å². The highest BCUT2D eigenvalue weighted by Gasteiger charge is 2.08. The molecule has 2 aromatic rings. The van der Waals surface area contributed by atoms with E-state index in [4.69, 9.17) is 26.8 Å². The second kappa shape index (κ2) is 8.42. The molecule has 0 radical (unpaired) electrons. The van der Waals surface area contributed by atoms with Gasteiger partial charge in [-0.2, -0.15) is 0 Å². The van der Waals surface area contributed by atoms with Crippen LogP contribution in [0, 0.1) is 0 Å². The summed E-state index contributed by atoms with van der Waals surface area (Å²) in [5, 5.41) is 13.5. The topological polar surface area (TPSA) is 89.1 Å². The molecule has 0 saturated heterocycles. The standard InChI is InChI=1S/C17H20ClN3O3/c1-23-13-6-3-11(4-7-13)15(22)10-20-17(19)21-12-5-8-16(24-2)14(18)9-12/h3-9,15,22H,10H2,1-2H3,(H3,19,20,21). The summed E-state index contributed by atoms with van der Waals surface area (Å²) in [6, 6.07) is 12.3. The van der Waals surface area contributed by atoms with Gasteiger partial charge in [0.15, 0.2) is 5.96 Å². The van der Waals surface area contributed by atoms with Gasteiger partial charge in [-0.25, -0.2) is 0 Å². The molecule has 7 heteroatoms. The molecule has 0 heterocycles. The van der Waals surface area contributed by atoms with Crippen molar-refractivity contribution in [3.8, 4) is 11.5 Å². The third-order valence-corrected chi connectivity index (χ3v) is 3.65. The highest BCUT2D eigenvalue weighted by molar-refractivity contribution is 6.32. The maximum Gasteiger partial charge on any atom is 0.193 e. The first-order valence-electron chi connectivity index (χ1n) is 7.26. The van der Waals surface area contributed by atoms with Gasteiger partial charge in [-0.15, -0.1) is 0 Å². The zero-order valence-corrected chi connectivity index (χ0v) is 14.2. The van der Waals surface area contributed by atoms with Crippen molar-refractivity contribution >= 4 is 23.2 Å². The smallest absolute Gasteiger partial charge is 0.193 e. The van der Waals surface area contributed by atoms with Crippen molar-refractivity contribution in [3.05, 3.63) is 53.1 Å². The van der Waals surface area contributed by atoms with Gasteiger partial charge in [-0.3, -0.25) is 4.99 Å². The Bertz CT molecular complexity index is 705. The quantitative estimate of drug-likeness (QED) is 0.551. The van der Waals surface area contributed by atoms with Gasteiger partial charge in [0, 0.05) is 5.69 Å². The minimum Gasteiger partial charge on any atom is -0.497 e. The van der Waals surface area contributed by atoms with Gasteiger partial charge in [-0.1, -0.05) is 23.7 Å². The molecule has 24 heavy (non-hydrogen) atoms. The van der Waals surface area contributed by atoms with E-state index in [1.807, 2.05) is 0 Å². The van der Waals surface area contributed by atoms with Crippen LogP contribution in [0.3, 0.4) is 0 Å². The van der Waals surface area contributed by atoms with Gasteiger partial charge in [0.25, 0.3) is 0 Å². The lowest BCUT2D eigenvalue weighted by atomic mass is 10.1. The number of hydrogen-bond donors (Lipinski definition) is 3. The van der Waals surface area contributed by atoms with Crippen molar-refractivity contribution in [2.75, 3.05) is 26.1 Å². The van der Waals surface area contributed by atoms with Crippen molar-refractivity contribution in [1.29, 1.82) is 0 Å². The number of anilines is 1. The van der Waals surface area contributed by atoms with Crippen molar-refractivity contribution in [2.45, 2.75) is 6.10 Å². The number of aliphatic hydroxyl groups is 1. The molecule has 0 spiro atoms. The Morgan fingerprint density at radius 3 is 2.50 bits per heavy atom. The molecule has 0 amide bonds. The lowest BCUT2D eigenvalue weighted by molar-refractivity contribution is 0.187. The van der Waals surface area contributed by atoms with Crippen LogP contribution in [0.2, 0.25) is 5.02 Å². The van der Waals surface area contributed by atoms with Crippen LogP contribution in [0.1, 0.15) is 11.7 Å². The molecule has 1 unspecified atom stereocenters. The van der Waals surface area contributed by atoms with Crippen LogP contribution >= 0.6 is 11.6 Å². The Kier molecular flexibility index (Phi) is 6.28. The van der Waals surface area contributed by atoms with E-state index in [1.54, 1.807) is 56.7 Å². The van der Waals surface area contributed by atoms with Crippen LogP contribution in [0.5, 0.6) is 11.5 Å². The highest BCUT2D eigenvalue weighted by Crippen LogP contribution is 2.27. The van der Waals surface area contributed by atoms with E-state index >= 15 is 0 Å². The van der Waals surface area contributed by atoms with E-state index in [9.17, 15) is 5.11 Å². The van der Waals surface area contributed by atoms with Crippen LogP contribution in [0.15, 0.2) is 47.5 Å². The summed E-state index contributed by atoms with van der Waals surface area (Å²) in [5.41, 5.74) is 7.25. The number of ether oxygens (including phenoxy) is 2. The summed E-state index contributed by atoms with van der Waals surface area (Å²) in [7, 11) is 3.14. The van der Waals surface area contributed by atoms with Gasteiger partial charge < -0.3 is 25.6 Å². The number of aliphatic hydroxyl groups excluding tert-OH is 1. The molecule has 2 rings (SSSR count). The molecular weight excluding hydrogens is 330 g/mol. The van der Waals surface area contributed by atoms with Crippen LogP contribution in [0.4, 0.5) is 5.69 Å². The Hall–Kier alpha value is -2.44. The number of nitrogens with zero attached hydrogens (tertiary/aromatic N) is 1. The van der Waals surface area contributed by atoms with E-state index in [0.717, 1.165) is 11.3 Å². The van der Waals surface area contributed by atoms with E-state index in [0.29, 0.717) is 16.5 Å². The molecule has 0 aromatic heterocycles. The fourth-order valence-electron chi connectivity index (χ4n) is 2.05. The SMILES string of the molecule is COc1ccc(C(O)CN=C(N)Nc2ccc(OC)c(Cl)c2)cc1. The van der Waals surface area contributed by atoms with E-state index in [1.165, 1.54) is 0 Å². The summed E-state index contributed by atoms with van der Waals surface area (Å²) < 4.78 is 10.2. The largest absolute Gasteiger partial charge is 0.497 e. The fraction of sp³-hybridized carbons (Fsp3) is 0.235. The molecule has 2 aromatic carbocycles. The molecule has 0 aliphatic rings. The number of guanidine groups is 1. The monoisotopic (exact) mass is 349 g/mol. The normalized spacial score (nSPS) is 12.6. The third-order valence-electron chi connectivity index (χ3n) is 3.36. The van der Waals surface area contributed by atoms with E-state index in [2.05, 4.69) is 10.3 Å². The lowest BCUT2D eigenvalue weighted by Gasteiger charge is -2.11. The van der Waals surface area contributed by atoms with Crippen molar-refractivity contribution in [2.24, 2.45) is 10.7 Å². The van der Waals surface area contributed by atoms with Crippen LogP contribution in [-0.4, -0.2) is 31.8 Å². The average molecular weight is 350 g/mol. The Morgan fingerprint density at radius 2 is 1.92 bits per heavy atom. The number of benzene rings is 2. The second-order valence-electron chi connectivity index (χ2n) is 4.99. The highest BCUT2D eigenvalue weighted by atomic mass is 35.5. The Balaban J connectivity index is 1.96. The van der Waals surface area contributed by atoms with Gasteiger partial charge >= 0.3 is 0 Å². The summed E-state index contributed by atoms with van der Waals surface area (Å²) in [6.07, 6.45) is -0.754. The third kappa shape index (κ3) is 4.78. The number of nitrogens with two attached hydrogens (primary N) is 1. The molecule has 128 valence electrons. The molecule has 0 aliphatic carbocycles. The Labute approximate surface area is 145 Å². The zero-order valence-electron chi connectivity index (χ0n) is 13.5. The van der Waals surface area contributed by atoms with E-state index < -0.39 is 6.10 Å². The minimum absolute atomic E-state index is 0.134. The predicted molar refractivity (Wildman–Crippen MR) is 96.1 cm³/mol. The maximum absolute atomic E-state index is 10.1. The van der Waals surface area contributed by atoms with Crippen LogP contribution < -0.4 is 20.5 Å². The van der Waals surface area contributed by atoms with Crippen molar-refractivity contribution in [1.82, 2.24) is 0 Å². The predicted octanol–water partition coefficient (Wildman–Crippen LogP) is 2.82. The first kappa shape index (κ1) is 17.9. The average Bonchev–Trinajstić information content (AvgIpc) is 2.60. The maximum atomic E-state index is 10.1. The lowest BCUT2D eigenvalue weighted by Crippen LogP contribution is -2.23. The Morgan fingerprint density at radius 1 is 1.21 bits per heavy atom. The number of methoxy groups -OCH3 is 2. The number of rotatable bonds is 6. The molecule has 1 atom stereocenters. The van der Waals surface area contributed by atoms with E-state index in [-0.39, 0.29) is 12.5 Å². The fourth-order valence-corrected chi connectivity index (χ4v) is 2.31. The number of nitrogens with one attached hydrogen (secondary N) is 1. The van der Waals surface area contributed by atoms with Gasteiger partial charge in [0.05, 0.1) is 31.9 Å².